The third-order valence-corrected chi connectivity index (χ3v) is 3.70. The topological polar surface area (TPSA) is 88.6 Å². The smallest absolute Gasteiger partial charge is 0.323 e. The van der Waals surface area contributed by atoms with Crippen molar-refractivity contribution in [1.29, 1.82) is 0 Å². The number of benzene rings is 1. The first-order valence-electron chi connectivity index (χ1n) is 7.94. The second-order valence-electron chi connectivity index (χ2n) is 5.90. The molecule has 3 rings (SSSR count). The van der Waals surface area contributed by atoms with E-state index in [9.17, 15) is 4.79 Å². The zero-order valence-electron chi connectivity index (χ0n) is 14.7. The number of urea groups is 1. The van der Waals surface area contributed by atoms with Crippen molar-refractivity contribution in [2.24, 2.45) is 0 Å². The number of rotatable bonds is 3. The molecule has 0 atom stereocenters. The molecule has 132 valence electrons. The Kier molecular flexibility index (Phi) is 4.60. The molecule has 8 nitrogen and oxygen atoms in total. The zero-order valence-corrected chi connectivity index (χ0v) is 14.7. The summed E-state index contributed by atoms with van der Waals surface area (Å²) in [5, 5.41) is 5.59. The first-order chi connectivity index (χ1) is 11.9. The lowest BCUT2D eigenvalue weighted by Gasteiger charge is -2.19. The fourth-order valence-corrected chi connectivity index (χ4v) is 2.48. The first kappa shape index (κ1) is 16.8. The predicted octanol–water partition coefficient (Wildman–Crippen LogP) is 2.57. The van der Waals surface area contributed by atoms with Crippen molar-refractivity contribution < 1.29 is 14.3 Å². The Morgan fingerprint density at radius 1 is 1.04 bits per heavy atom. The van der Waals surface area contributed by atoms with Gasteiger partial charge >= 0.3 is 6.03 Å². The Hall–Kier alpha value is -3.03. The number of nitrogens with zero attached hydrogens (tertiary/aromatic N) is 3. The molecule has 1 aromatic heterocycles. The lowest BCUT2D eigenvalue weighted by atomic mass is 10.2. The standard InChI is InChI=1S/C17H21N5O3/c1-10-15(11(2)19-16(18-10)22(3)4)21-17(23)20-12-5-6-13-14(9-12)25-8-7-24-13/h5-6,9H,7-8H2,1-4H3,(H2,20,21,23). The van der Waals surface area contributed by atoms with Gasteiger partial charge in [-0.3, -0.25) is 0 Å². The molecule has 0 aliphatic carbocycles. The SMILES string of the molecule is Cc1nc(N(C)C)nc(C)c1NC(=O)Nc1ccc2c(c1)OCCO2. The van der Waals surface area contributed by atoms with Crippen LogP contribution in [0.5, 0.6) is 11.5 Å². The van der Waals surface area contributed by atoms with Crippen LogP contribution in [0.3, 0.4) is 0 Å². The van der Waals surface area contributed by atoms with Crippen LogP contribution < -0.4 is 25.0 Å². The van der Waals surface area contributed by atoms with Gasteiger partial charge in [-0.25, -0.2) is 14.8 Å². The maximum atomic E-state index is 12.3. The molecule has 1 aromatic carbocycles. The van der Waals surface area contributed by atoms with E-state index >= 15 is 0 Å². The summed E-state index contributed by atoms with van der Waals surface area (Å²) >= 11 is 0. The molecule has 2 heterocycles. The zero-order chi connectivity index (χ0) is 18.0. The molecule has 2 aromatic rings. The van der Waals surface area contributed by atoms with E-state index in [1.165, 1.54) is 0 Å². The lowest BCUT2D eigenvalue weighted by molar-refractivity contribution is 0.171. The molecule has 2 amide bonds. The molecule has 0 bridgehead atoms. The average Bonchev–Trinajstić information content (AvgIpc) is 2.57. The van der Waals surface area contributed by atoms with Gasteiger partial charge in [0, 0.05) is 25.8 Å². The Balaban J connectivity index is 1.73. The maximum absolute atomic E-state index is 12.3. The monoisotopic (exact) mass is 343 g/mol. The number of carbonyl (C=O) groups is 1. The largest absolute Gasteiger partial charge is 0.486 e. The van der Waals surface area contributed by atoms with Crippen LogP contribution in [0.15, 0.2) is 18.2 Å². The molecule has 0 saturated carbocycles. The first-order valence-corrected chi connectivity index (χ1v) is 7.94. The van der Waals surface area contributed by atoms with Gasteiger partial charge < -0.3 is 25.0 Å². The van der Waals surface area contributed by atoms with Crippen LogP contribution in [0.2, 0.25) is 0 Å². The summed E-state index contributed by atoms with van der Waals surface area (Å²) in [4.78, 5) is 22.9. The maximum Gasteiger partial charge on any atom is 0.323 e. The quantitative estimate of drug-likeness (QED) is 0.890. The molecule has 0 spiro atoms. The van der Waals surface area contributed by atoms with Crippen LogP contribution >= 0.6 is 0 Å². The van der Waals surface area contributed by atoms with Crippen LogP contribution in [0, 0.1) is 13.8 Å². The second kappa shape index (κ2) is 6.84. The van der Waals surface area contributed by atoms with E-state index in [2.05, 4.69) is 20.6 Å². The third kappa shape index (κ3) is 3.73. The molecular formula is C17H21N5O3. The number of aromatic nitrogens is 2. The number of hydrogen-bond acceptors (Lipinski definition) is 6. The van der Waals surface area contributed by atoms with Gasteiger partial charge in [-0.05, 0) is 26.0 Å². The number of amides is 2. The summed E-state index contributed by atoms with van der Waals surface area (Å²) in [7, 11) is 3.74. The molecule has 8 heteroatoms. The molecule has 0 saturated heterocycles. The summed E-state index contributed by atoms with van der Waals surface area (Å²) < 4.78 is 11.0. The van der Waals surface area contributed by atoms with Crippen molar-refractivity contribution in [3.8, 4) is 11.5 Å². The van der Waals surface area contributed by atoms with E-state index in [1.54, 1.807) is 18.2 Å². The molecule has 1 aliphatic heterocycles. The van der Waals surface area contributed by atoms with Crippen molar-refractivity contribution in [3.05, 3.63) is 29.6 Å². The molecular weight excluding hydrogens is 322 g/mol. The number of anilines is 3. The number of nitrogens with one attached hydrogen (secondary N) is 2. The van der Waals surface area contributed by atoms with Gasteiger partial charge in [0.1, 0.15) is 13.2 Å². The molecule has 0 radical (unpaired) electrons. The molecule has 25 heavy (non-hydrogen) atoms. The van der Waals surface area contributed by atoms with Crippen molar-refractivity contribution in [2.45, 2.75) is 13.8 Å². The Bertz CT molecular complexity index is 784. The van der Waals surface area contributed by atoms with E-state index in [0.717, 1.165) is 0 Å². The molecule has 0 unspecified atom stereocenters. The summed E-state index contributed by atoms with van der Waals surface area (Å²) in [6.45, 7) is 4.70. The van der Waals surface area contributed by atoms with Crippen LogP contribution in [-0.4, -0.2) is 43.3 Å². The number of hydrogen-bond donors (Lipinski definition) is 2. The highest BCUT2D eigenvalue weighted by Gasteiger charge is 2.15. The Labute approximate surface area is 146 Å². The molecule has 0 fully saturated rings. The number of aryl methyl sites for hydroxylation is 2. The second-order valence-corrected chi connectivity index (χ2v) is 5.90. The Morgan fingerprint density at radius 2 is 1.68 bits per heavy atom. The van der Waals surface area contributed by atoms with Gasteiger partial charge in [-0.15, -0.1) is 0 Å². The van der Waals surface area contributed by atoms with E-state index in [4.69, 9.17) is 9.47 Å². The van der Waals surface area contributed by atoms with E-state index in [0.29, 0.717) is 53.4 Å². The van der Waals surface area contributed by atoms with Gasteiger partial charge in [-0.1, -0.05) is 0 Å². The minimum atomic E-state index is -0.371. The number of fused-ring (bicyclic) bond motifs is 1. The average molecular weight is 343 g/mol. The van der Waals surface area contributed by atoms with Crippen molar-refractivity contribution >= 4 is 23.4 Å². The Morgan fingerprint density at radius 3 is 2.32 bits per heavy atom. The van der Waals surface area contributed by atoms with Crippen LogP contribution in [0.4, 0.5) is 22.1 Å². The number of ether oxygens (including phenoxy) is 2. The van der Waals surface area contributed by atoms with E-state index in [-0.39, 0.29) is 6.03 Å². The molecule has 1 aliphatic rings. The van der Waals surface area contributed by atoms with Crippen LogP contribution in [0.1, 0.15) is 11.4 Å². The fraction of sp³-hybridized carbons (Fsp3) is 0.353. The predicted molar refractivity (Wildman–Crippen MR) is 95.9 cm³/mol. The minimum Gasteiger partial charge on any atom is -0.486 e. The highest BCUT2D eigenvalue weighted by atomic mass is 16.6. The third-order valence-electron chi connectivity index (χ3n) is 3.70. The van der Waals surface area contributed by atoms with E-state index < -0.39 is 0 Å². The highest BCUT2D eigenvalue weighted by Crippen LogP contribution is 2.32. The number of carbonyl (C=O) groups excluding carboxylic acids is 1. The fourth-order valence-electron chi connectivity index (χ4n) is 2.48. The van der Waals surface area contributed by atoms with Crippen LogP contribution in [0.25, 0.3) is 0 Å². The lowest BCUT2D eigenvalue weighted by Crippen LogP contribution is -2.22. The van der Waals surface area contributed by atoms with Gasteiger partial charge in [0.05, 0.1) is 17.1 Å². The normalized spacial score (nSPS) is 12.5. The minimum absolute atomic E-state index is 0.371. The van der Waals surface area contributed by atoms with Gasteiger partial charge in [0.15, 0.2) is 11.5 Å². The van der Waals surface area contributed by atoms with Gasteiger partial charge in [-0.2, -0.15) is 0 Å². The van der Waals surface area contributed by atoms with Gasteiger partial charge in [0.25, 0.3) is 0 Å². The highest BCUT2D eigenvalue weighted by molar-refractivity contribution is 6.00. The van der Waals surface area contributed by atoms with Crippen LogP contribution in [-0.2, 0) is 0 Å². The van der Waals surface area contributed by atoms with Gasteiger partial charge in [0.2, 0.25) is 5.95 Å². The van der Waals surface area contributed by atoms with Crippen molar-refractivity contribution in [2.75, 3.05) is 42.8 Å². The van der Waals surface area contributed by atoms with E-state index in [1.807, 2.05) is 32.8 Å². The van der Waals surface area contributed by atoms with Crippen molar-refractivity contribution in [3.63, 3.8) is 0 Å². The van der Waals surface area contributed by atoms with Crippen molar-refractivity contribution in [1.82, 2.24) is 9.97 Å². The summed E-state index contributed by atoms with van der Waals surface area (Å²) in [5.74, 6) is 1.90. The summed E-state index contributed by atoms with van der Waals surface area (Å²) in [6.07, 6.45) is 0. The summed E-state index contributed by atoms with van der Waals surface area (Å²) in [6, 6.07) is 4.90. The summed E-state index contributed by atoms with van der Waals surface area (Å²) in [5.41, 5.74) is 2.62. The molecule has 2 N–H and O–H groups in total.